The lowest BCUT2D eigenvalue weighted by molar-refractivity contribution is -0.129. The summed E-state index contributed by atoms with van der Waals surface area (Å²) in [6, 6.07) is 8.34. The minimum Gasteiger partial charge on any atom is -0.493 e. The standard InChI is InChI=1S/C21H34N4O2.HI/c1-5-20(26)25-12-10-18(15-25)24-21(22-4)23-14-17-8-6-7-9-19(17)27-13-11-16(2)3;/h6-9,16,18H,5,10-15H2,1-4H3,(H2,22,23,24);1H. The molecule has 0 aromatic heterocycles. The summed E-state index contributed by atoms with van der Waals surface area (Å²) in [5.74, 6) is 2.52. The molecule has 2 N–H and O–H groups in total. The molecule has 1 unspecified atom stereocenters. The summed E-state index contributed by atoms with van der Waals surface area (Å²) in [5, 5.41) is 6.79. The Hall–Kier alpha value is -1.51. The van der Waals surface area contributed by atoms with Crippen molar-refractivity contribution in [3.63, 3.8) is 0 Å². The third-order valence-corrected chi connectivity index (χ3v) is 4.78. The number of likely N-dealkylation sites (tertiary alicyclic amines) is 1. The quantitative estimate of drug-likeness (QED) is 0.325. The van der Waals surface area contributed by atoms with E-state index in [1.54, 1.807) is 7.05 Å². The largest absolute Gasteiger partial charge is 0.493 e. The number of carbonyl (C=O) groups is 1. The number of halogens is 1. The molecule has 0 radical (unpaired) electrons. The lowest BCUT2D eigenvalue weighted by Gasteiger charge is -2.19. The number of aliphatic imine (C=N–C) groups is 1. The van der Waals surface area contributed by atoms with E-state index in [2.05, 4.69) is 35.5 Å². The Morgan fingerprint density at radius 3 is 2.79 bits per heavy atom. The van der Waals surface area contributed by atoms with Gasteiger partial charge < -0.3 is 20.3 Å². The average Bonchev–Trinajstić information content (AvgIpc) is 3.13. The van der Waals surface area contributed by atoms with Gasteiger partial charge in [0.1, 0.15) is 5.75 Å². The number of para-hydroxylation sites is 1. The maximum atomic E-state index is 11.8. The normalized spacial score (nSPS) is 16.7. The predicted octanol–water partition coefficient (Wildman–Crippen LogP) is 3.41. The van der Waals surface area contributed by atoms with E-state index >= 15 is 0 Å². The monoisotopic (exact) mass is 502 g/mol. The Balaban J connectivity index is 0.00000392. The number of guanidine groups is 1. The third kappa shape index (κ3) is 7.85. The first-order valence-corrected chi connectivity index (χ1v) is 9.99. The van der Waals surface area contributed by atoms with E-state index in [4.69, 9.17) is 4.74 Å². The zero-order valence-corrected chi connectivity index (χ0v) is 19.9. The number of carbonyl (C=O) groups excluding carboxylic acids is 1. The van der Waals surface area contributed by atoms with Crippen LogP contribution in [0.1, 0.15) is 45.6 Å². The van der Waals surface area contributed by atoms with Gasteiger partial charge >= 0.3 is 0 Å². The van der Waals surface area contributed by atoms with Crippen LogP contribution in [0.4, 0.5) is 0 Å². The van der Waals surface area contributed by atoms with Crippen molar-refractivity contribution in [1.82, 2.24) is 15.5 Å². The fourth-order valence-corrected chi connectivity index (χ4v) is 3.09. The van der Waals surface area contributed by atoms with Crippen LogP contribution in [0.25, 0.3) is 0 Å². The Morgan fingerprint density at radius 1 is 1.36 bits per heavy atom. The Morgan fingerprint density at radius 2 is 2.11 bits per heavy atom. The maximum absolute atomic E-state index is 11.8. The van der Waals surface area contributed by atoms with Crippen molar-refractivity contribution in [3.05, 3.63) is 29.8 Å². The molecule has 1 saturated heterocycles. The first-order valence-electron chi connectivity index (χ1n) is 9.99. The van der Waals surface area contributed by atoms with Crippen LogP contribution in [0.3, 0.4) is 0 Å². The number of benzene rings is 1. The fourth-order valence-electron chi connectivity index (χ4n) is 3.09. The second kappa shape index (κ2) is 12.9. The summed E-state index contributed by atoms with van der Waals surface area (Å²) in [7, 11) is 1.77. The van der Waals surface area contributed by atoms with Gasteiger partial charge in [-0.2, -0.15) is 0 Å². The summed E-state index contributed by atoms with van der Waals surface area (Å²) in [6.07, 6.45) is 2.55. The average molecular weight is 502 g/mol. The lowest BCUT2D eigenvalue weighted by atomic mass is 10.1. The molecule has 1 aromatic carbocycles. The molecule has 6 nitrogen and oxygen atoms in total. The van der Waals surface area contributed by atoms with E-state index in [1.807, 2.05) is 30.0 Å². The van der Waals surface area contributed by atoms with Crippen molar-refractivity contribution in [1.29, 1.82) is 0 Å². The predicted molar refractivity (Wildman–Crippen MR) is 125 cm³/mol. The third-order valence-electron chi connectivity index (χ3n) is 4.78. The molecule has 1 aliphatic rings. The zero-order valence-electron chi connectivity index (χ0n) is 17.5. The first kappa shape index (κ1) is 24.5. The lowest BCUT2D eigenvalue weighted by Crippen LogP contribution is -2.44. The van der Waals surface area contributed by atoms with E-state index in [0.717, 1.165) is 49.8 Å². The van der Waals surface area contributed by atoms with Gasteiger partial charge in [-0.25, -0.2) is 0 Å². The molecular formula is C21H35IN4O2. The Bertz CT molecular complexity index is 637. The highest BCUT2D eigenvalue weighted by Gasteiger charge is 2.25. The molecule has 2 rings (SSSR count). The van der Waals surface area contributed by atoms with Crippen LogP contribution in [-0.4, -0.2) is 49.6 Å². The van der Waals surface area contributed by atoms with Crippen LogP contribution < -0.4 is 15.4 Å². The van der Waals surface area contributed by atoms with Crippen LogP contribution in [0.5, 0.6) is 5.75 Å². The van der Waals surface area contributed by atoms with Crippen LogP contribution in [0, 0.1) is 5.92 Å². The van der Waals surface area contributed by atoms with Crippen LogP contribution in [0.2, 0.25) is 0 Å². The van der Waals surface area contributed by atoms with Crippen LogP contribution >= 0.6 is 24.0 Å². The smallest absolute Gasteiger partial charge is 0.222 e. The molecule has 28 heavy (non-hydrogen) atoms. The zero-order chi connectivity index (χ0) is 19.6. The summed E-state index contributed by atoms with van der Waals surface area (Å²) < 4.78 is 5.96. The molecule has 0 spiro atoms. The molecule has 1 atom stereocenters. The molecule has 1 heterocycles. The first-order chi connectivity index (χ1) is 13.0. The Kier molecular flexibility index (Phi) is 11.3. The maximum Gasteiger partial charge on any atom is 0.222 e. The van der Waals surface area contributed by atoms with Crippen LogP contribution in [-0.2, 0) is 11.3 Å². The van der Waals surface area contributed by atoms with Crippen molar-refractivity contribution in [2.24, 2.45) is 10.9 Å². The van der Waals surface area contributed by atoms with E-state index in [9.17, 15) is 4.79 Å². The van der Waals surface area contributed by atoms with Crippen molar-refractivity contribution in [3.8, 4) is 5.75 Å². The van der Waals surface area contributed by atoms with Gasteiger partial charge in [-0.05, 0) is 24.8 Å². The number of nitrogens with zero attached hydrogens (tertiary/aromatic N) is 2. The topological polar surface area (TPSA) is 66.0 Å². The van der Waals surface area contributed by atoms with Crippen molar-refractivity contribution >= 4 is 35.8 Å². The van der Waals surface area contributed by atoms with Gasteiger partial charge in [0.15, 0.2) is 5.96 Å². The summed E-state index contributed by atoms with van der Waals surface area (Å²) in [5.41, 5.74) is 1.11. The van der Waals surface area contributed by atoms with Crippen LogP contribution in [0.15, 0.2) is 29.3 Å². The van der Waals surface area contributed by atoms with Crippen molar-refractivity contribution in [2.45, 2.75) is 52.6 Å². The molecule has 1 fully saturated rings. The minimum atomic E-state index is 0. The van der Waals surface area contributed by atoms with E-state index in [-0.39, 0.29) is 35.9 Å². The van der Waals surface area contributed by atoms with Gasteiger partial charge in [0.05, 0.1) is 6.61 Å². The van der Waals surface area contributed by atoms with Gasteiger partial charge in [-0.1, -0.05) is 39.0 Å². The highest BCUT2D eigenvalue weighted by molar-refractivity contribution is 14.0. The van der Waals surface area contributed by atoms with Crippen molar-refractivity contribution in [2.75, 3.05) is 26.7 Å². The minimum absolute atomic E-state index is 0. The Labute approximate surface area is 186 Å². The van der Waals surface area contributed by atoms with Gasteiger partial charge in [0.25, 0.3) is 0 Å². The fraction of sp³-hybridized carbons (Fsp3) is 0.619. The SMILES string of the molecule is CCC(=O)N1CCC(NC(=NC)NCc2ccccc2OCCC(C)C)C1.I. The number of hydrogen-bond acceptors (Lipinski definition) is 3. The van der Waals surface area contributed by atoms with E-state index in [1.165, 1.54) is 0 Å². The molecule has 1 amide bonds. The number of amides is 1. The number of ether oxygens (including phenoxy) is 1. The molecule has 0 aliphatic carbocycles. The highest BCUT2D eigenvalue weighted by atomic mass is 127. The summed E-state index contributed by atoms with van der Waals surface area (Å²) in [6.45, 7) is 9.22. The van der Waals surface area contributed by atoms with Crippen molar-refractivity contribution < 1.29 is 9.53 Å². The molecule has 1 aliphatic heterocycles. The van der Waals surface area contributed by atoms with Gasteiger partial charge in [-0.3, -0.25) is 9.79 Å². The number of nitrogens with one attached hydrogen (secondary N) is 2. The molecule has 1 aromatic rings. The highest BCUT2D eigenvalue weighted by Crippen LogP contribution is 2.18. The summed E-state index contributed by atoms with van der Waals surface area (Å²) >= 11 is 0. The van der Waals surface area contributed by atoms with Gasteiger partial charge in [0.2, 0.25) is 5.91 Å². The summed E-state index contributed by atoms with van der Waals surface area (Å²) in [4.78, 5) is 18.1. The van der Waals surface area contributed by atoms with E-state index < -0.39 is 0 Å². The molecule has 0 saturated carbocycles. The second-order valence-corrected chi connectivity index (χ2v) is 7.39. The van der Waals surface area contributed by atoms with Gasteiger partial charge in [-0.15, -0.1) is 24.0 Å². The molecule has 0 bridgehead atoms. The number of hydrogen-bond donors (Lipinski definition) is 2. The molecular weight excluding hydrogens is 467 g/mol. The number of rotatable bonds is 8. The second-order valence-electron chi connectivity index (χ2n) is 7.39. The van der Waals surface area contributed by atoms with Gasteiger partial charge in [0, 0.05) is 44.7 Å². The molecule has 7 heteroatoms. The molecule has 158 valence electrons. The van der Waals surface area contributed by atoms with E-state index in [0.29, 0.717) is 18.9 Å².